The number of carbonyl (C=O) groups excluding carboxylic acids is 2. The molecule has 0 heterocycles. The van der Waals surface area contributed by atoms with E-state index >= 15 is 0 Å². The van der Waals surface area contributed by atoms with Crippen molar-refractivity contribution in [3.05, 3.63) is 56.5 Å². The Hall–Kier alpha value is -2.06. The van der Waals surface area contributed by atoms with Gasteiger partial charge in [-0.25, -0.2) is 0 Å². The Labute approximate surface area is 174 Å². The zero-order chi connectivity index (χ0) is 20.0. The Bertz CT molecular complexity index is 840. The van der Waals surface area contributed by atoms with Crippen LogP contribution in [0.5, 0.6) is 11.5 Å². The first-order chi connectivity index (χ1) is 12.8. The van der Waals surface area contributed by atoms with Crippen molar-refractivity contribution in [2.24, 2.45) is 0 Å². The van der Waals surface area contributed by atoms with Crippen molar-refractivity contribution in [1.29, 1.82) is 0 Å². The lowest BCUT2D eigenvalue weighted by Crippen LogP contribution is -2.43. The molecular formula is C19H20Br2N2O4. The van der Waals surface area contributed by atoms with Gasteiger partial charge >= 0.3 is 0 Å². The summed E-state index contributed by atoms with van der Waals surface area (Å²) in [5.74, 6) is 0.578. The van der Waals surface area contributed by atoms with Crippen molar-refractivity contribution in [1.82, 2.24) is 10.9 Å². The van der Waals surface area contributed by atoms with E-state index < -0.39 is 11.8 Å². The smallest absolute Gasteiger partial charge is 0.276 e. The molecule has 0 aromatic heterocycles. The molecule has 0 saturated carbocycles. The number of carbonyl (C=O) groups is 2. The van der Waals surface area contributed by atoms with Crippen LogP contribution in [0, 0.1) is 0 Å². The Kier molecular flexibility index (Phi) is 7.67. The summed E-state index contributed by atoms with van der Waals surface area (Å²) in [5, 5.41) is 0. The van der Waals surface area contributed by atoms with Crippen LogP contribution < -0.4 is 20.3 Å². The Balaban J connectivity index is 1.90. The summed E-state index contributed by atoms with van der Waals surface area (Å²) in [6.07, 6.45) is 0. The highest BCUT2D eigenvalue weighted by atomic mass is 79.9. The van der Waals surface area contributed by atoms with E-state index in [-0.39, 0.29) is 12.5 Å². The summed E-state index contributed by atoms with van der Waals surface area (Å²) < 4.78 is 12.3. The molecular weight excluding hydrogens is 480 g/mol. The molecule has 0 atom stereocenters. The van der Waals surface area contributed by atoms with Gasteiger partial charge in [-0.1, -0.05) is 29.8 Å². The normalized spacial score (nSPS) is 10.4. The highest BCUT2D eigenvalue weighted by Gasteiger charge is 2.12. The standard InChI is InChI=1S/C19H20Br2N2O4/c1-11(2)14-9-13(20)5-7-16(14)27-10-18(24)22-23-19(25)12-4-6-17(26-3)15(21)8-12/h4-9,11H,10H2,1-3H3,(H,22,24)(H,23,25). The molecule has 0 unspecified atom stereocenters. The fraction of sp³-hybridized carbons (Fsp3) is 0.263. The first-order valence-corrected chi connectivity index (χ1v) is 9.75. The van der Waals surface area contributed by atoms with Gasteiger partial charge in [0.2, 0.25) is 0 Å². The van der Waals surface area contributed by atoms with E-state index in [1.165, 1.54) is 7.11 Å². The lowest BCUT2D eigenvalue weighted by Gasteiger charge is -2.14. The maximum absolute atomic E-state index is 12.1. The van der Waals surface area contributed by atoms with Gasteiger partial charge in [0, 0.05) is 10.0 Å². The molecule has 2 amide bonds. The highest BCUT2D eigenvalue weighted by molar-refractivity contribution is 9.10. The maximum Gasteiger partial charge on any atom is 0.276 e. The minimum Gasteiger partial charge on any atom is -0.496 e. The minimum atomic E-state index is -0.464. The van der Waals surface area contributed by atoms with Crippen LogP contribution in [0.4, 0.5) is 0 Å². The van der Waals surface area contributed by atoms with Crippen molar-refractivity contribution < 1.29 is 19.1 Å². The average molecular weight is 500 g/mol. The maximum atomic E-state index is 12.1. The van der Waals surface area contributed by atoms with E-state index in [4.69, 9.17) is 9.47 Å². The second-order valence-corrected chi connectivity index (χ2v) is 7.75. The van der Waals surface area contributed by atoms with Crippen LogP contribution in [-0.2, 0) is 4.79 Å². The third-order valence-electron chi connectivity index (χ3n) is 3.68. The second kappa shape index (κ2) is 9.75. The molecule has 0 aliphatic carbocycles. The summed E-state index contributed by atoms with van der Waals surface area (Å²) in [5.41, 5.74) is 6.06. The Morgan fingerprint density at radius 1 is 1.04 bits per heavy atom. The summed E-state index contributed by atoms with van der Waals surface area (Å²) >= 11 is 6.74. The van der Waals surface area contributed by atoms with Crippen LogP contribution in [0.2, 0.25) is 0 Å². The van der Waals surface area contributed by atoms with E-state index in [9.17, 15) is 9.59 Å². The van der Waals surface area contributed by atoms with Gasteiger partial charge in [-0.2, -0.15) is 0 Å². The van der Waals surface area contributed by atoms with Crippen LogP contribution in [0.3, 0.4) is 0 Å². The second-order valence-electron chi connectivity index (χ2n) is 5.98. The molecule has 0 aliphatic heterocycles. The number of rotatable bonds is 6. The first kappa shape index (κ1) is 21.2. The molecule has 27 heavy (non-hydrogen) atoms. The van der Waals surface area contributed by atoms with Crippen LogP contribution in [0.25, 0.3) is 0 Å². The van der Waals surface area contributed by atoms with E-state index in [1.54, 1.807) is 24.3 Å². The topological polar surface area (TPSA) is 76.7 Å². The van der Waals surface area contributed by atoms with Gasteiger partial charge in [-0.05, 0) is 63.8 Å². The molecule has 0 saturated heterocycles. The van der Waals surface area contributed by atoms with Gasteiger partial charge < -0.3 is 9.47 Å². The van der Waals surface area contributed by atoms with Crippen molar-refractivity contribution in [3.63, 3.8) is 0 Å². The number of hydrogen-bond donors (Lipinski definition) is 2. The largest absolute Gasteiger partial charge is 0.496 e. The van der Waals surface area contributed by atoms with E-state index in [2.05, 4.69) is 42.7 Å². The quantitative estimate of drug-likeness (QED) is 0.584. The molecule has 0 bridgehead atoms. The third kappa shape index (κ3) is 5.97. The number of ether oxygens (including phenoxy) is 2. The molecule has 2 aromatic carbocycles. The van der Waals surface area contributed by atoms with Gasteiger partial charge in [0.05, 0.1) is 11.6 Å². The molecule has 0 spiro atoms. The molecule has 0 fully saturated rings. The van der Waals surface area contributed by atoms with E-state index in [0.29, 0.717) is 21.5 Å². The predicted octanol–water partition coefficient (Wildman–Crippen LogP) is 4.18. The number of halogens is 2. The average Bonchev–Trinajstić information content (AvgIpc) is 2.64. The molecule has 0 aliphatic rings. The molecule has 8 heteroatoms. The fourth-order valence-electron chi connectivity index (χ4n) is 2.29. The molecule has 2 aromatic rings. The summed E-state index contributed by atoms with van der Waals surface area (Å²) in [6, 6.07) is 10.5. The van der Waals surface area contributed by atoms with Gasteiger partial charge in [0.1, 0.15) is 11.5 Å². The van der Waals surface area contributed by atoms with Crippen molar-refractivity contribution in [3.8, 4) is 11.5 Å². The fourth-order valence-corrected chi connectivity index (χ4v) is 3.21. The SMILES string of the molecule is COc1ccc(C(=O)NNC(=O)COc2ccc(Br)cc2C(C)C)cc1Br. The van der Waals surface area contributed by atoms with Crippen LogP contribution in [0.1, 0.15) is 35.7 Å². The van der Waals surface area contributed by atoms with Crippen molar-refractivity contribution in [2.75, 3.05) is 13.7 Å². The lowest BCUT2D eigenvalue weighted by molar-refractivity contribution is -0.123. The zero-order valence-electron chi connectivity index (χ0n) is 15.1. The summed E-state index contributed by atoms with van der Waals surface area (Å²) in [4.78, 5) is 24.1. The number of benzene rings is 2. The van der Waals surface area contributed by atoms with Gasteiger partial charge in [0.25, 0.3) is 11.8 Å². The molecule has 6 nitrogen and oxygen atoms in total. The Morgan fingerprint density at radius 3 is 2.37 bits per heavy atom. The molecule has 0 radical (unpaired) electrons. The van der Waals surface area contributed by atoms with Crippen molar-refractivity contribution >= 4 is 43.7 Å². The predicted molar refractivity (Wildman–Crippen MR) is 110 cm³/mol. The molecule has 2 N–H and O–H groups in total. The van der Waals surface area contributed by atoms with Gasteiger partial charge in [-0.3, -0.25) is 20.4 Å². The number of amides is 2. The monoisotopic (exact) mass is 498 g/mol. The summed E-state index contributed by atoms with van der Waals surface area (Å²) in [6.45, 7) is 3.87. The number of nitrogens with one attached hydrogen (secondary N) is 2. The zero-order valence-corrected chi connectivity index (χ0v) is 18.3. The first-order valence-electron chi connectivity index (χ1n) is 8.16. The van der Waals surface area contributed by atoms with E-state index in [1.807, 2.05) is 26.0 Å². The van der Waals surface area contributed by atoms with Crippen molar-refractivity contribution in [2.45, 2.75) is 19.8 Å². The summed E-state index contributed by atoms with van der Waals surface area (Å²) in [7, 11) is 1.54. The lowest BCUT2D eigenvalue weighted by atomic mass is 10.0. The molecule has 144 valence electrons. The van der Waals surface area contributed by atoms with Crippen LogP contribution >= 0.6 is 31.9 Å². The van der Waals surface area contributed by atoms with E-state index in [0.717, 1.165) is 10.0 Å². The molecule has 2 rings (SSSR count). The highest BCUT2D eigenvalue weighted by Crippen LogP contribution is 2.29. The van der Waals surface area contributed by atoms with Crippen LogP contribution in [-0.4, -0.2) is 25.5 Å². The number of methoxy groups -OCH3 is 1. The Morgan fingerprint density at radius 2 is 1.74 bits per heavy atom. The number of hydrogen-bond acceptors (Lipinski definition) is 4. The van der Waals surface area contributed by atoms with Gasteiger partial charge in [0.15, 0.2) is 6.61 Å². The van der Waals surface area contributed by atoms with Crippen LogP contribution in [0.15, 0.2) is 45.3 Å². The third-order valence-corrected chi connectivity index (χ3v) is 4.80. The van der Waals surface area contributed by atoms with Gasteiger partial charge in [-0.15, -0.1) is 0 Å². The minimum absolute atomic E-state index is 0.214. The number of hydrazine groups is 1.